The fourth-order valence-electron chi connectivity index (χ4n) is 3.94. The average Bonchev–Trinajstić information content (AvgIpc) is 2.69. The molecule has 2 bridgehead atoms. The molecule has 4 saturated heterocycles. The zero-order valence-corrected chi connectivity index (χ0v) is 17.3. The molecule has 0 aromatic rings. The number of hydrogen-bond acceptors (Lipinski definition) is 11. The fraction of sp³-hybridized carbons (Fsp3) is 0.947. The van der Waals surface area contributed by atoms with Crippen molar-refractivity contribution in [2.45, 2.75) is 101 Å². The molecule has 0 aromatic carbocycles. The van der Waals surface area contributed by atoms with Crippen molar-refractivity contribution in [2.75, 3.05) is 13.7 Å². The maximum atomic E-state index is 12.1. The van der Waals surface area contributed by atoms with Crippen LogP contribution in [0.15, 0.2) is 0 Å². The van der Waals surface area contributed by atoms with Crippen LogP contribution >= 0.6 is 0 Å². The minimum Gasteiger partial charge on any atom is -0.457 e. The molecule has 11 heteroatoms. The summed E-state index contributed by atoms with van der Waals surface area (Å²) >= 11 is 0. The number of hydrogen-bond donors (Lipinski definition) is 4. The molecule has 0 spiro atoms. The standard InChI is InChI=1S/C19H32O11/c1-8-5-4-6-11(20)29-16-9(2)27-18(15(24)14(16)23)30-17-13(22)12(21)10(7-25-3)28-19(17)26-8/h8-10,12-19,21-24H,4-7H2,1-3H3. The summed E-state index contributed by atoms with van der Waals surface area (Å²) in [6.45, 7) is 3.37. The quantitative estimate of drug-likeness (QED) is 0.371. The summed E-state index contributed by atoms with van der Waals surface area (Å²) in [7, 11) is 1.44. The largest absolute Gasteiger partial charge is 0.457 e. The highest BCUT2D eigenvalue weighted by molar-refractivity contribution is 5.69. The second kappa shape index (κ2) is 10.2. The highest BCUT2D eigenvalue weighted by Gasteiger charge is 2.51. The van der Waals surface area contributed by atoms with E-state index in [4.69, 9.17) is 28.4 Å². The van der Waals surface area contributed by atoms with Crippen LogP contribution in [-0.2, 0) is 33.2 Å². The first-order chi connectivity index (χ1) is 14.2. The van der Waals surface area contributed by atoms with E-state index in [1.807, 2.05) is 0 Å². The molecule has 11 unspecified atom stereocenters. The molecule has 30 heavy (non-hydrogen) atoms. The van der Waals surface area contributed by atoms with Gasteiger partial charge in [0.1, 0.15) is 36.6 Å². The second-order valence-electron chi connectivity index (χ2n) is 8.06. The molecule has 4 aliphatic rings. The van der Waals surface area contributed by atoms with Crippen LogP contribution in [-0.4, -0.2) is 108 Å². The van der Waals surface area contributed by atoms with Crippen LogP contribution in [0, 0.1) is 0 Å². The summed E-state index contributed by atoms with van der Waals surface area (Å²) < 4.78 is 33.4. The van der Waals surface area contributed by atoms with E-state index in [1.165, 1.54) is 7.11 Å². The van der Waals surface area contributed by atoms with Gasteiger partial charge in [-0.25, -0.2) is 0 Å². The Labute approximate surface area is 174 Å². The van der Waals surface area contributed by atoms with Crippen LogP contribution in [0.25, 0.3) is 0 Å². The highest BCUT2D eigenvalue weighted by atomic mass is 16.8. The summed E-state index contributed by atoms with van der Waals surface area (Å²) in [5.41, 5.74) is 0. The second-order valence-corrected chi connectivity index (χ2v) is 8.06. The molecule has 4 rings (SSSR count). The summed E-state index contributed by atoms with van der Waals surface area (Å²) in [5, 5.41) is 42.0. The van der Waals surface area contributed by atoms with Crippen molar-refractivity contribution in [3.63, 3.8) is 0 Å². The first-order valence-electron chi connectivity index (χ1n) is 10.3. The lowest BCUT2D eigenvalue weighted by molar-refractivity contribution is -0.369. The summed E-state index contributed by atoms with van der Waals surface area (Å²) in [4.78, 5) is 12.1. The SMILES string of the molecule is COCC1OC2OC(C)CCCC(=O)OC3C(C)OC(OC2C(O)C1O)C(O)C3O. The minimum atomic E-state index is -1.57. The Morgan fingerprint density at radius 2 is 1.60 bits per heavy atom. The topological polar surface area (TPSA) is 153 Å². The Bertz CT molecular complexity index is 575. The summed E-state index contributed by atoms with van der Waals surface area (Å²) in [6.07, 6.45) is -11.5. The van der Waals surface area contributed by atoms with Crippen molar-refractivity contribution < 1.29 is 53.6 Å². The number of carbonyl (C=O) groups is 1. The molecule has 4 fully saturated rings. The van der Waals surface area contributed by atoms with E-state index in [-0.39, 0.29) is 19.1 Å². The summed E-state index contributed by atoms with van der Waals surface area (Å²) in [5.74, 6) is -0.518. The molecule has 4 N–H and O–H groups in total. The Balaban J connectivity index is 1.86. The van der Waals surface area contributed by atoms with Gasteiger partial charge in [0.15, 0.2) is 18.7 Å². The van der Waals surface area contributed by atoms with Crippen LogP contribution in [0.1, 0.15) is 33.1 Å². The lowest BCUT2D eigenvalue weighted by Crippen LogP contribution is -2.64. The molecule has 0 aliphatic carbocycles. The lowest BCUT2D eigenvalue weighted by Gasteiger charge is -2.46. The van der Waals surface area contributed by atoms with Crippen LogP contribution in [0.5, 0.6) is 0 Å². The Morgan fingerprint density at radius 3 is 2.30 bits per heavy atom. The maximum absolute atomic E-state index is 12.1. The third-order valence-electron chi connectivity index (χ3n) is 5.67. The van der Waals surface area contributed by atoms with Crippen molar-refractivity contribution in [3.8, 4) is 0 Å². The van der Waals surface area contributed by atoms with E-state index in [0.29, 0.717) is 12.8 Å². The number of rotatable bonds is 2. The molecule has 11 atom stereocenters. The molecule has 4 heterocycles. The van der Waals surface area contributed by atoms with Crippen molar-refractivity contribution >= 4 is 5.97 Å². The van der Waals surface area contributed by atoms with Gasteiger partial charge < -0.3 is 48.8 Å². The molecule has 0 saturated carbocycles. The van der Waals surface area contributed by atoms with Crippen molar-refractivity contribution in [1.29, 1.82) is 0 Å². The third-order valence-corrected chi connectivity index (χ3v) is 5.67. The lowest BCUT2D eigenvalue weighted by atomic mass is 9.97. The molecular formula is C19H32O11. The number of esters is 1. The number of carbonyl (C=O) groups excluding carboxylic acids is 1. The van der Waals surface area contributed by atoms with Crippen molar-refractivity contribution in [1.82, 2.24) is 0 Å². The van der Waals surface area contributed by atoms with Gasteiger partial charge in [-0.05, 0) is 26.7 Å². The van der Waals surface area contributed by atoms with Crippen molar-refractivity contribution in [2.24, 2.45) is 0 Å². The van der Waals surface area contributed by atoms with Crippen LogP contribution in [0.2, 0.25) is 0 Å². The zero-order valence-electron chi connectivity index (χ0n) is 17.3. The number of methoxy groups -OCH3 is 1. The fourth-order valence-corrected chi connectivity index (χ4v) is 3.94. The zero-order chi connectivity index (χ0) is 22.0. The maximum Gasteiger partial charge on any atom is 0.306 e. The van der Waals surface area contributed by atoms with Gasteiger partial charge in [-0.1, -0.05) is 0 Å². The first-order valence-corrected chi connectivity index (χ1v) is 10.3. The normalized spacial score (nSPS) is 48.5. The minimum absolute atomic E-state index is 0.0189. The van der Waals surface area contributed by atoms with Gasteiger partial charge in [0, 0.05) is 13.5 Å². The first kappa shape index (κ1) is 23.8. The van der Waals surface area contributed by atoms with E-state index >= 15 is 0 Å². The Kier molecular flexibility index (Phi) is 8.04. The van der Waals surface area contributed by atoms with Crippen molar-refractivity contribution in [3.05, 3.63) is 0 Å². The Morgan fingerprint density at radius 1 is 0.900 bits per heavy atom. The van der Waals surface area contributed by atoms with E-state index in [1.54, 1.807) is 13.8 Å². The van der Waals surface area contributed by atoms with Gasteiger partial charge >= 0.3 is 5.97 Å². The molecule has 0 aromatic heterocycles. The van der Waals surface area contributed by atoms with Gasteiger partial charge in [0.05, 0.1) is 18.8 Å². The molecule has 0 radical (unpaired) electrons. The molecule has 4 aliphatic heterocycles. The molecule has 0 amide bonds. The number of aliphatic hydroxyl groups excluding tert-OH is 4. The highest BCUT2D eigenvalue weighted by Crippen LogP contribution is 2.32. The average molecular weight is 436 g/mol. The van der Waals surface area contributed by atoms with Crippen LogP contribution in [0.4, 0.5) is 0 Å². The molecule has 174 valence electrons. The van der Waals surface area contributed by atoms with Crippen LogP contribution < -0.4 is 0 Å². The molecule has 11 nitrogen and oxygen atoms in total. The Hall–Kier alpha value is -0.890. The number of ether oxygens (including phenoxy) is 6. The number of fused-ring (bicyclic) bond motifs is 8. The van der Waals surface area contributed by atoms with Crippen LogP contribution in [0.3, 0.4) is 0 Å². The predicted octanol–water partition coefficient (Wildman–Crippen LogP) is -1.57. The third kappa shape index (κ3) is 5.12. The van der Waals surface area contributed by atoms with Gasteiger partial charge in [-0.2, -0.15) is 0 Å². The van der Waals surface area contributed by atoms with Gasteiger partial charge in [-0.3, -0.25) is 4.79 Å². The monoisotopic (exact) mass is 436 g/mol. The van der Waals surface area contributed by atoms with Gasteiger partial charge in [0.25, 0.3) is 0 Å². The summed E-state index contributed by atoms with van der Waals surface area (Å²) in [6, 6.07) is 0. The van der Waals surface area contributed by atoms with E-state index in [0.717, 1.165) is 0 Å². The van der Waals surface area contributed by atoms with E-state index in [9.17, 15) is 25.2 Å². The predicted molar refractivity (Wildman–Crippen MR) is 98.1 cm³/mol. The molecular weight excluding hydrogens is 404 g/mol. The number of aliphatic hydroxyl groups is 4. The van der Waals surface area contributed by atoms with Gasteiger partial charge in [0.2, 0.25) is 0 Å². The smallest absolute Gasteiger partial charge is 0.306 e. The van der Waals surface area contributed by atoms with E-state index in [2.05, 4.69) is 0 Å². The van der Waals surface area contributed by atoms with Gasteiger partial charge in [-0.15, -0.1) is 0 Å². The van der Waals surface area contributed by atoms with E-state index < -0.39 is 67.4 Å².